The van der Waals surface area contributed by atoms with Crippen molar-refractivity contribution < 1.29 is 14.1 Å². The van der Waals surface area contributed by atoms with E-state index in [1.807, 2.05) is 19.1 Å². The van der Waals surface area contributed by atoms with E-state index in [1.165, 1.54) is 13.0 Å². The zero-order valence-electron chi connectivity index (χ0n) is 10.8. The molecule has 20 heavy (non-hydrogen) atoms. The van der Waals surface area contributed by atoms with E-state index in [0.29, 0.717) is 11.3 Å². The average molecular weight is 340 g/mol. The fraction of sp³-hybridized carbons (Fsp3) is 0.143. The zero-order valence-corrected chi connectivity index (χ0v) is 12.4. The number of nitro benzene ring substituents is 1. The third-order valence-electron chi connectivity index (χ3n) is 2.81. The van der Waals surface area contributed by atoms with Crippen LogP contribution in [-0.4, -0.2) is 4.92 Å². The molecule has 0 aliphatic rings. The quantitative estimate of drug-likeness (QED) is 0.589. The van der Waals surface area contributed by atoms with Gasteiger partial charge in [-0.3, -0.25) is 10.1 Å². The van der Waals surface area contributed by atoms with Crippen molar-refractivity contribution in [3.63, 3.8) is 0 Å². The van der Waals surface area contributed by atoms with Gasteiger partial charge in [-0.1, -0.05) is 22.0 Å². The monoisotopic (exact) mass is 339 g/mol. The molecule has 0 aromatic heterocycles. The van der Waals surface area contributed by atoms with Crippen molar-refractivity contribution in [2.45, 2.75) is 13.8 Å². The Hall–Kier alpha value is -1.95. The maximum atomic E-state index is 13.4. The molecule has 0 bridgehead atoms. The van der Waals surface area contributed by atoms with Gasteiger partial charge in [0.2, 0.25) is 5.75 Å². The van der Waals surface area contributed by atoms with Gasteiger partial charge in [-0.15, -0.1) is 0 Å². The van der Waals surface area contributed by atoms with Crippen LogP contribution in [0, 0.1) is 29.8 Å². The second-order valence-corrected chi connectivity index (χ2v) is 5.25. The summed E-state index contributed by atoms with van der Waals surface area (Å²) < 4.78 is 19.8. The molecule has 0 atom stereocenters. The van der Waals surface area contributed by atoms with E-state index >= 15 is 0 Å². The second kappa shape index (κ2) is 5.58. The highest BCUT2D eigenvalue weighted by Crippen LogP contribution is 2.35. The number of aryl methyl sites for hydroxylation is 2. The topological polar surface area (TPSA) is 52.4 Å². The van der Waals surface area contributed by atoms with Crippen LogP contribution in [0.3, 0.4) is 0 Å². The molecule has 0 fully saturated rings. The van der Waals surface area contributed by atoms with Crippen molar-refractivity contribution in [3.05, 3.63) is 61.9 Å². The molecule has 0 unspecified atom stereocenters. The Kier molecular flexibility index (Phi) is 4.04. The number of rotatable bonds is 3. The molecule has 0 aliphatic heterocycles. The summed E-state index contributed by atoms with van der Waals surface area (Å²) in [6, 6.07) is 7.57. The van der Waals surface area contributed by atoms with Crippen LogP contribution in [0.5, 0.6) is 11.5 Å². The van der Waals surface area contributed by atoms with E-state index in [4.69, 9.17) is 4.74 Å². The third-order valence-corrected chi connectivity index (χ3v) is 3.30. The average Bonchev–Trinajstić information content (AvgIpc) is 2.37. The third kappa shape index (κ3) is 2.96. The molecule has 0 saturated carbocycles. The van der Waals surface area contributed by atoms with Crippen LogP contribution >= 0.6 is 15.9 Å². The van der Waals surface area contributed by atoms with Crippen LogP contribution in [0.4, 0.5) is 10.1 Å². The number of hydrogen-bond acceptors (Lipinski definition) is 3. The second-order valence-electron chi connectivity index (χ2n) is 4.34. The van der Waals surface area contributed by atoms with Gasteiger partial charge >= 0.3 is 5.69 Å². The van der Waals surface area contributed by atoms with Gasteiger partial charge in [0.25, 0.3) is 0 Å². The predicted octanol–water partition coefficient (Wildman–Crippen LogP) is 4.91. The first-order chi connectivity index (χ1) is 9.38. The highest BCUT2D eigenvalue weighted by atomic mass is 79.9. The number of nitro groups is 1. The summed E-state index contributed by atoms with van der Waals surface area (Å²) in [5, 5.41) is 11.0. The highest BCUT2D eigenvalue weighted by Gasteiger charge is 2.19. The fourth-order valence-electron chi connectivity index (χ4n) is 1.67. The molecule has 2 aromatic rings. The lowest BCUT2D eigenvalue weighted by Crippen LogP contribution is -1.97. The van der Waals surface area contributed by atoms with Gasteiger partial charge in [0.15, 0.2) is 0 Å². The molecule has 0 saturated heterocycles. The standard InChI is InChI=1S/C14H11BrFNO3/c1-8-3-4-10(15)6-13(8)20-14-5-9(2)11(16)7-12(14)17(18)19/h3-7H,1-2H3. The number of nitrogens with zero attached hydrogens (tertiary/aromatic N) is 1. The Morgan fingerprint density at radius 3 is 2.50 bits per heavy atom. The Bertz CT molecular complexity index is 688. The van der Waals surface area contributed by atoms with E-state index in [2.05, 4.69) is 15.9 Å². The van der Waals surface area contributed by atoms with Gasteiger partial charge in [0.1, 0.15) is 11.6 Å². The maximum absolute atomic E-state index is 13.4. The van der Waals surface area contributed by atoms with Gasteiger partial charge in [-0.05, 0) is 43.2 Å². The van der Waals surface area contributed by atoms with Crippen molar-refractivity contribution in [2.75, 3.05) is 0 Å². The van der Waals surface area contributed by atoms with E-state index in [0.717, 1.165) is 16.1 Å². The summed E-state index contributed by atoms with van der Waals surface area (Å²) in [7, 11) is 0. The van der Waals surface area contributed by atoms with Crippen LogP contribution in [0.25, 0.3) is 0 Å². The van der Waals surface area contributed by atoms with Gasteiger partial charge in [-0.2, -0.15) is 0 Å². The molecule has 104 valence electrons. The Morgan fingerprint density at radius 1 is 1.15 bits per heavy atom. The molecule has 0 amide bonds. The lowest BCUT2D eigenvalue weighted by Gasteiger charge is -2.10. The van der Waals surface area contributed by atoms with Gasteiger partial charge < -0.3 is 4.74 Å². The lowest BCUT2D eigenvalue weighted by molar-refractivity contribution is -0.385. The largest absolute Gasteiger partial charge is 0.450 e. The maximum Gasteiger partial charge on any atom is 0.314 e. The molecule has 0 aliphatic carbocycles. The highest BCUT2D eigenvalue weighted by molar-refractivity contribution is 9.10. The van der Waals surface area contributed by atoms with Crippen LogP contribution in [-0.2, 0) is 0 Å². The van der Waals surface area contributed by atoms with Gasteiger partial charge in [0.05, 0.1) is 11.0 Å². The zero-order chi connectivity index (χ0) is 14.9. The van der Waals surface area contributed by atoms with Crippen molar-refractivity contribution >= 4 is 21.6 Å². The molecule has 0 heterocycles. The lowest BCUT2D eigenvalue weighted by atomic mass is 10.2. The summed E-state index contributed by atoms with van der Waals surface area (Å²) in [6.07, 6.45) is 0. The minimum Gasteiger partial charge on any atom is -0.450 e. The van der Waals surface area contributed by atoms with Crippen LogP contribution in [0.15, 0.2) is 34.8 Å². The van der Waals surface area contributed by atoms with Crippen molar-refractivity contribution in [1.82, 2.24) is 0 Å². The van der Waals surface area contributed by atoms with E-state index in [-0.39, 0.29) is 5.75 Å². The van der Waals surface area contributed by atoms with E-state index in [9.17, 15) is 14.5 Å². The van der Waals surface area contributed by atoms with Crippen molar-refractivity contribution in [2.24, 2.45) is 0 Å². The number of benzene rings is 2. The molecule has 2 rings (SSSR count). The molecular formula is C14H11BrFNO3. The smallest absolute Gasteiger partial charge is 0.314 e. The summed E-state index contributed by atoms with van der Waals surface area (Å²) in [5.41, 5.74) is 0.718. The molecule has 2 aromatic carbocycles. The Balaban J connectivity index is 2.50. The molecule has 0 radical (unpaired) electrons. The van der Waals surface area contributed by atoms with E-state index < -0.39 is 16.4 Å². The number of halogens is 2. The summed E-state index contributed by atoms with van der Waals surface area (Å²) in [4.78, 5) is 10.3. The molecule has 6 heteroatoms. The minimum absolute atomic E-state index is 0.0232. The van der Waals surface area contributed by atoms with E-state index in [1.54, 1.807) is 6.07 Å². The number of ether oxygens (including phenoxy) is 1. The number of hydrogen-bond donors (Lipinski definition) is 0. The first kappa shape index (κ1) is 14.5. The van der Waals surface area contributed by atoms with Crippen molar-refractivity contribution in [3.8, 4) is 11.5 Å². The van der Waals surface area contributed by atoms with Crippen LogP contribution in [0.2, 0.25) is 0 Å². The molecule has 4 nitrogen and oxygen atoms in total. The summed E-state index contributed by atoms with van der Waals surface area (Å²) in [5.74, 6) is -0.126. The summed E-state index contributed by atoms with van der Waals surface area (Å²) in [6.45, 7) is 3.35. The minimum atomic E-state index is -0.662. The molecule has 0 N–H and O–H groups in total. The normalized spacial score (nSPS) is 10.4. The first-order valence-corrected chi connectivity index (χ1v) is 6.56. The molecule has 0 spiro atoms. The van der Waals surface area contributed by atoms with Crippen LogP contribution in [0.1, 0.15) is 11.1 Å². The van der Waals surface area contributed by atoms with Crippen LogP contribution < -0.4 is 4.74 Å². The predicted molar refractivity (Wildman–Crippen MR) is 76.7 cm³/mol. The Labute approximate surface area is 123 Å². The van der Waals surface area contributed by atoms with Gasteiger partial charge in [0, 0.05) is 4.47 Å². The SMILES string of the molecule is Cc1cc(Oc2cc(Br)ccc2C)c([N+](=O)[O-])cc1F. The Morgan fingerprint density at radius 2 is 1.85 bits per heavy atom. The molecular weight excluding hydrogens is 329 g/mol. The van der Waals surface area contributed by atoms with Gasteiger partial charge in [-0.25, -0.2) is 4.39 Å². The summed E-state index contributed by atoms with van der Waals surface area (Å²) >= 11 is 3.31. The fourth-order valence-corrected chi connectivity index (χ4v) is 2.01. The first-order valence-electron chi connectivity index (χ1n) is 5.77. The van der Waals surface area contributed by atoms with Crippen molar-refractivity contribution in [1.29, 1.82) is 0 Å².